The van der Waals surface area contributed by atoms with Gasteiger partial charge >= 0.3 is 0 Å². The number of benzene rings is 1. The molecular formula is C18H20ClN3O2. The van der Waals surface area contributed by atoms with E-state index in [-0.39, 0.29) is 17.7 Å². The third kappa shape index (κ3) is 3.05. The van der Waals surface area contributed by atoms with Crippen LogP contribution in [0.5, 0.6) is 0 Å². The average molecular weight is 346 g/mol. The maximum atomic E-state index is 12.8. The normalized spacial score (nSPS) is 26.4. The van der Waals surface area contributed by atoms with Gasteiger partial charge in [-0.3, -0.25) is 4.79 Å². The summed E-state index contributed by atoms with van der Waals surface area (Å²) < 4.78 is 5.08. The van der Waals surface area contributed by atoms with E-state index in [2.05, 4.69) is 16.2 Å². The van der Waals surface area contributed by atoms with Gasteiger partial charge in [0.15, 0.2) is 5.82 Å². The number of piperidine rings is 1. The highest BCUT2D eigenvalue weighted by Gasteiger charge is 2.46. The number of rotatable bonds is 3. The van der Waals surface area contributed by atoms with Crippen LogP contribution in [0.1, 0.15) is 48.4 Å². The minimum absolute atomic E-state index is 0.0919. The molecule has 1 aromatic heterocycles. The molecule has 1 aliphatic heterocycles. The second kappa shape index (κ2) is 6.20. The van der Waals surface area contributed by atoms with Crippen LogP contribution in [0, 0.1) is 12.8 Å². The lowest BCUT2D eigenvalue weighted by Crippen LogP contribution is -2.40. The van der Waals surface area contributed by atoms with Crippen molar-refractivity contribution in [3.05, 3.63) is 46.6 Å². The number of aryl methyl sites for hydroxylation is 1. The van der Waals surface area contributed by atoms with Crippen molar-refractivity contribution in [1.29, 1.82) is 0 Å². The van der Waals surface area contributed by atoms with Crippen LogP contribution in [0.15, 0.2) is 28.8 Å². The summed E-state index contributed by atoms with van der Waals surface area (Å²) in [6.45, 7) is 3.31. The van der Waals surface area contributed by atoms with E-state index < -0.39 is 0 Å². The third-order valence-electron chi connectivity index (χ3n) is 5.03. The molecular weight excluding hydrogens is 326 g/mol. The quantitative estimate of drug-likeness (QED) is 0.853. The monoisotopic (exact) mass is 345 g/mol. The summed E-state index contributed by atoms with van der Waals surface area (Å²) in [4.78, 5) is 19.2. The summed E-state index contributed by atoms with van der Waals surface area (Å²) in [6, 6.07) is 7.85. The fraction of sp³-hybridized carbons (Fsp3) is 0.500. The minimum atomic E-state index is 0.0919. The topological polar surface area (TPSA) is 59.2 Å². The van der Waals surface area contributed by atoms with Crippen LogP contribution in [0.2, 0.25) is 5.02 Å². The van der Waals surface area contributed by atoms with E-state index in [0.29, 0.717) is 18.4 Å². The molecule has 5 nitrogen and oxygen atoms in total. The van der Waals surface area contributed by atoms with Gasteiger partial charge in [-0.25, -0.2) is 0 Å². The predicted octanol–water partition coefficient (Wildman–Crippen LogP) is 3.54. The number of likely N-dealkylation sites (tertiary alicyclic amines) is 1. The van der Waals surface area contributed by atoms with Crippen LogP contribution in [0.3, 0.4) is 0 Å². The van der Waals surface area contributed by atoms with Gasteiger partial charge in [0.1, 0.15) is 0 Å². The first-order chi connectivity index (χ1) is 11.6. The van der Waals surface area contributed by atoms with E-state index in [9.17, 15) is 4.79 Å². The Morgan fingerprint density at radius 3 is 3.04 bits per heavy atom. The number of hydrogen-bond donors (Lipinski definition) is 0. The zero-order chi connectivity index (χ0) is 16.7. The Morgan fingerprint density at radius 1 is 1.42 bits per heavy atom. The summed E-state index contributed by atoms with van der Waals surface area (Å²) in [6.07, 6.45) is 2.91. The van der Waals surface area contributed by atoms with E-state index in [1.165, 1.54) is 5.56 Å². The van der Waals surface area contributed by atoms with E-state index in [1.807, 2.05) is 23.1 Å². The summed E-state index contributed by atoms with van der Waals surface area (Å²) in [7, 11) is 0. The number of carbonyl (C=O) groups excluding carboxylic acids is 1. The molecule has 1 saturated heterocycles. The molecule has 2 aliphatic rings. The van der Waals surface area contributed by atoms with Gasteiger partial charge in [0.05, 0.1) is 0 Å². The first-order valence-electron chi connectivity index (χ1n) is 8.46. The van der Waals surface area contributed by atoms with Crippen LogP contribution >= 0.6 is 11.6 Å². The van der Waals surface area contributed by atoms with Crippen LogP contribution in [0.4, 0.5) is 0 Å². The van der Waals surface area contributed by atoms with Gasteiger partial charge < -0.3 is 9.42 Å². The molecule has 1 saturated carbocycles. The van der Waals surface area contributed by atoms with E-state index in [0.717, 1.165) is 36.7 Å². The molecule has 2 aromatic rings. The Balaban J connectivity index is 1.42. The second-order valence-corrected chi connectivity index (χ2v) is 7.24. The van der Waals surface area contributed by atoms with E-state index >= 15 is 0 Å². The second-order valence-electron chi connectivity index (χ2n) is 6.80. The molecule has 4 rings (SSSR count). The molecule has 2 heterocycles. The van der Waals surface area contributed by atoms with Gasteiger partial charge in [-0.2, -0.15) is 4.98 Å². The average Bonchev–Trinajstić information content (AvgIpc) is 3.28. The molecule has 0 N–H and O–H groups in total. The fourth-order valence-corrected chi connectivity index (χ4v) is 3.88. The number of aromatic nitrogens is 2. The van der Waals surface area contributed by atoms with Gasteiger partial charge in [0, 0.05) is 36.9 Å². The smallest absolute Gasteiger partial charge is 0.226 e. The Morgan fingerprint density at radius 2 is 2.29 bits per heavy atom. The Kier molecular flexibility index (Phi) is 4.04. The minimum Gasteiger partial charge on any atom is -0.342 e. The molecule has 1 amide bonds. The van der Waals surface area contributed by atoms with Crippen molar-refractivity contribution in [1.82, 2.24) is 15.0 Å². The molecule has 6 heteroatoms. The molecule has 0 unspecified atom stereocenters. The largest absolute Gasteiger partial charge is 0.342 e. The summed E-state index contributed by atoms with van der Waals surface area (Å²) >= 11 is 6.06. The number of halogens is 1. The van der Waals surface area contributed by atoms with Gasteiger partial charge in [-0.15, -0.1) is 0 Å². The lowest BCUT2D eigenvalue weighted by atomic mass is 9.96. The van der Waals surface area contributed by atoms with E-state index in [1.54, 1.807) is 6.92 Å². The predicted molar refractivity (Wildman–Crippen MR) is 89.9 cm³/mol. The zero-order valence-corrected chi connectivity index (χ0v) is 14.4. The first kappa shape index (κ1) is 15.6. The SMILES string of the molecule is Cc1nc([C@@H]2CCCN(C(=O)[C@H]3C[C@@H]3c3cccc(Cl)c3)C2)no1. The molecule has 2 fully saturated rings. The molecule has 24 heavy (non-hydrogen) atoms. The van der Waals surface area contributed by atoms with Crippen molar-refractivity contribution >= 4 is 17.5 Å². The lowest BCUT2D eigenvalue weighted by molar-refractivity contribution is -0.133. The van der Waals surface area contributed by atoms with Crippen molar-refractivity contribution < 1.29 is 9.32 Å². The lowest BCUT2D eigenvalue weighted by Gasteiger charge is -2.31. The van der Waals surface area contributed by atoms with Gasteiger partial charge in [0.25, 0.3) is 0 Å². The first-order valence-corrected chi connectivity index (χ1v) is 8.84. The number of carbonyl (C=O) groups is 1. The molecule has 0 bridgehead atoms. The molecule has 0 radical (unpaired) electrons. The maximum Gasteiger partial charge on any atom is 0.226 e. The maximum absolute atomic E-state index is 12.8. The molecule has 1 aliphatic carbocycles. The highest BCUT2D eigenvalue weighted by atomic mass is 35.5. The highest BCUT2D eigenvalue weighted by molar-refractivity contribution is 6.30. The van der Waals surface area contributed by atoms with Gasteiger partial charge in [-0.05, 0) is 42.9 Å². The molecule has 0 spiro atoms. The number of amides is 1. The summed E-state index contributed by atoms with van der Waals surface area (Å²) in [5.74, 6) is 2.15. The van der Waals surface area contributed by atoms with Crippen LogP contribution in [-0.2, 0) is 4.79 Å². The van der Waals surface area contributed by atoms with Crippen LogP contribution in [0.25, 0.3) is 0 Å². The van der Waals surface area contributed by atoms with Crippen LogP contribution in [-0.4, -0.2) is 34.0 Å². The standard InChI is InChI=1S/C18H20ClN3O2/c1-11-20-17(21-24-11)13-5-3-7-22(10-13)18(23)16-9-15(16)12-4-2-6-14(19)8-12/h2,4,6,8,13,15-16H,3,5,7,9-10H2,1H3/t13-,15-,16+/m1/s1. The van der Waals surface area contributed by atoms with Crippen molar-refractivity contribution in [2.24, 2.45) is 5.92 Å². The summed E-state index contributed by atoms with van der Waals surface area (Å²) in [5, 5.41) is 4.76. The number of nitrogens with zero attached hydrogens (tertiary/aromatic N) is 3. The highest BCUT2D eigenvalue weighted by Crippen LogP contribution is 2.49. The molecule has 1 aromatic carbocycles. The van der Waals surface area contributed by atoms with E-state index in [4.69, 9.17) is 16.1 Å². The molecule has 126 valence electrons. The Bertz CT molecular complexity index is 760. The van der Waals surface area contributed by atoms with Crippen molar-refractivity contribution in [3.8, 4) is 0 Å². The third-order valence-corrected chi connectivity index (χ3v) is 5.26. The Labute approximate surface area is 146 Å². The molecule has 3 atom stereocenters. The van der Waals surface area contributed by atoms with Crippen molar-refractivity contribution in [2.75, 3.05) is 13.1 Å². The fourth-order valence-electron chi connectivity index (χ4n) is 3.68. The summed E-state index contributed by atoms with van der Waals surface area (Å²) in [5.41, 5.74) is 1.17. The van der Waals surface area contributed by atoms with Crippen molar-refractivity contribution in [3.63, 3.8) is 0 Å². The zero-order valence-electron chi connectivity index (χ0n) is 13.6. The van der Waals surface area contributed by atoms with Crippen molar-refractivity contribution in [2.45, 2.75) is 38.0 Å². The van der Waals surface area contributed by atoms with Gasteiger partial charge in [0.2, 0.25) is 11.8 Å². The Hall–Kier alpha value is -1.88. The van der Waals surface area contributed by atoms with Gasteiger partial charge in [-0.1, -0.05) is 28.9 Å². The van der Waals surface area contributed by atoms with Crippen LogP contribution < -0.4 is 0 Å². The number of hydrogen-bond acceptors (Lipinski definition) is 4.